The second-order valence-corrected chi connectivity index (χ2v) is 4.93. The number of hydrogen-bond donors (Lipinski definition) is 1. The first-order valence-electron chi connectivity index (χ1n) is 6.66. The Hall–Kier alpha value is -1.54. The van der Waals surface area contributed by atoms with Gasteiger partial charge in [0.1, 0.15) is 5.75 Å². The van der Waals surface area contributed by atoms with Gasteiger partial charge in [-0.15, -0.1) is 0 Å². The van der Waals surface area contributed by atoms with Crippen LogP contribution in [0.3, 0.4) is 0 Å². The topological polar surface area (TPSA) is 21.3 Å². The van der Waals surface area contributed by atoms with Crippen LogP contribution in [-0.4, -0.2) is 20.2 Å². The molecule has 94 valence electrons. The van der Waals surface area contributed by atoms with Gasteiger partial charge >= 0.3 is 0 Å². The lowest BCUT2D eigenvalue weighted by Crippen LogP contribution is -2.26. The summed E-state index contributed by atoms with van der Waals surface area (Å²) in [5.74, 6) is 1.66. The number of nitrogens with one attached hydrogen (secondary N) is 1. The Morgan fingerprint density at radius 1 is 1.06 bits per heavy atom. The summed E-state index contributed by atoms with van der Waals surface area (Å²) in [5, 5.41) is 6.09. The molecule has 2 nitrogen and oxygen atoms in total. The lowest BCUT2D eigenvalue weighted by atomic mass is 9.86. The molecule has 0 amide bonds. The molecule has 1 aliphatic rings. The summed E-state index contributed by atoms with van der Waals surface area (Å²) < 4.78 is 5.59. The van der Waals surface area contributed by atoms with Gasteiger partial charge in [0.15, 0.2) is 0 Å². The van der Waals surface area contributed by atoms with Crippen LogP contribution < -0.4 is 10.1 Å². The Morgan fingerprint density at radius 3 is 2.61 bits per heavy atom. The fourth-order valence-corrected chi connectivity index (χ4v) is 2.99. The number of rotatable bonds is 2. The van der Waals surface area contributed by atoms with Crippen LogP contribution in [0.2, 0.25) is 0 Å². The predicted octanol–water partition coefficient (Wildman–Crippen LogP) is 3.32. The van der Waals surface area contributed by atoms with Gasteiger partial charge in [-0.2, -0.15) is 0 Å². The van der Waals surface area contributed by atoms with E-state index in [4.69, 9.17) is 4.74 Å². The number of piperidine rings is 1. The molecule has 2 heteroatoms. The molecule has 18 heavy (non-hydrogen) atoms. The van der Waals surface area contributed by atoms with Crippen molar-refractivity contribution in [3.63, 3.8) is 0 Å². The standard InChI is InChI=1S/C16H19NO/c1-18-15-7-6-12-4-2-3-5-14(12)16(15)13-8-10-17-11-9-13/h2-7,13,17H,8-11H2,1H3. The molecule has 1 saturated heterocycles. The zero-order chi connectivity index (χ0) is 12.4. The van der Waals surface area contributed by atoms with E-state index in [0.717, 1.165) is 18.8 Å². The summed E-state index contributed by atoms with van der Waals surface area (Å²) in [6, 6.07) is 12.9. The summed E-state index contributed by atoms with van der Waals surface area (Å²) in [6.07, 6.45) is 2.40. The highest BCUT2D eigenvalue weighted by Crippen LogP contribution is 2.38. The summed E-state index contributed by atoms with van der Waals surface area (Å²) in [5.41, 5.74) is 1.40. The third-order valence-corrected chi connectivity index (χ3v) is 3.90. The SMILES string of the molecule is COc1ccc2ccccc2c1C1CCNCC1. The minimum absolute atomic E-state index is 0.618. The molecule has 1 aliphatic heterocycles. The Balaban J connectivity index is 2.16. The normalized spacial score (nSPS) is 16.9. The van der Waals surface area contributed by atoms with E-state index in [1.165, 1.54) is 29.2 Å². The third kappa shape index (κ3) is 1.97. The molecule has 1 fully saturated rings. The van der Waals surface area contributed by atoms with Gasteiger partial charge in [-0.05, 0) is 48.7 Å². The molecule has 0 atom stereocenters. The van der Waals surface area contributed by atoms with E-state index in [0.29, 0.717) is 5.92 Å². The highest BCUT2D eigenvalue weighted by molar-refractivity contribution is 5.88. The van der Waals surface area contributed by atoms with E-state index >= 15 is 0 Å². The highest BCUT2D eigenvalue weighted by atomic mass is 16.5. The Labute approximate surface area is 108 Å². The van der Waals surface area contributed by atoms with Crippen molar-refractivity contribution in [3.05, 3.63) is 42.0 Å². The maximum atomic E-state index is 5.59. The first-order valence-corrected chi connectivity index (χ1v) is 6.66. The Bertz CT molecular complexity index is 544. The van der Waals surface area contributed by atoms with E-state index in [1.807, 2.05) is 0 Å². The molecule has 1 heterocycles. The second-order valence-electron chi connectivity index (χ2n) is 4.93. The van der Waals surface area contributed by atoms with E-state index in [9.17, 15) is 0 Å². The molecule has 0 unspecified atom stereocenters. The van der Waals surface area contributed by atoms with Gasteiger partial charge in [-0.1, -0.05) is 30.3 Å². The monoisotopic (exact) mass is 241 g/mol. The Morgan fingerprint density at radius 2 is 1.83 bits per heavy atom. The van der Waals surface area contributed by atoms with Crippen molar-refractivity contribution in [3.8, 4) is 5.75 Å². The average molecular weight is 241 g/mol. The molecule has 0 aliphatic carbocycles. The molecule has 1 N–H and O–H groups in total. The van der Waals surface area contributed by atoms with Crippen molar-refractivity contribution in [2.45, 2.75) is 18.8 Å². The van der Waals surface area contributed by atoms with Crippen molar-refractivity contribution >= 4 is 10.8 Å². The van der Waals surface area contributed by atoms with Crippen LogP contribution in [-0.2, 0) is 0 Å². The van der Waals surface area contributed by atoms with Crippen LogP contribution in [0, 0.1) is 0 Å². The molecule has 0 radical (unpaired) electrons. The molecule has 0 aromatic heterocycles. The average Bonchev–Trinajstić information content (AvgIpc) is 2.47. The van der Waals surface area contributed by atoms with E-state index in [2.05, 4.69) is 41.7 Å². The minimum Gasteiger partial charge on any atom is -0.496 e. The van der Waals surface area contributed by atoms with Crippen LogP contribution in [0.5, 0.6) is 5.75 Å². The van der Waals surface area contributed by atoms with Crippen LogP contribution in [0.25, 0.3) is 10.8 Å². The van der Waals surface area contributed by atoms with Crippen molar-refractivity contribution in [2.24, 2.45) is 0 Å². The van der Waals surface area contributed by atoms with E-state index in [-0.39, 0.29) is 0 Å². The summed E-state index contributed by atoms with van der Waals surface area (Å²) in [7, 11) is 1.77. The molecule has 2 aromatic carbocycles. The summed E-state index contributed by atoms with van der Waals surface area (Å²) in [4.78, 5) is 0. The van der Waals surface area contributed by atoms with Crippen LogP contribution >= 0.6 is 0 Å². The maximum absolute atomic E-state index is 5.59. The molecular weight excluding hydrogens is 222 g/mol. The molecule has 0 saturated carbocycles. The van der Waals surface area contributed by atoms with Crippen LogP contribution in [0.4, 0.5) is 0 Å². The third-order valence-electron chi connectivity index (χ3n) is 3.90. The van der Waals surface area contributed by atoms with Crippen molar-refractivity contribution in [1.82, 2.24) is 5.32 Å². The van der Waals surface area contributed by atoms with Gasteiger partial charge < -0.3 is 10.1 Å². The van der Waals surface area contributed by atoms with Gasteiger partial charge in [-0.3, -0.25) is 0 Å². The molecule has 2 aromatic rings. The fraction of sp³-hybridized carbons (Fsp3) is 0.375. The number of methoxy groups -OCH3 is 1. The first kappa shape index (κ1) is 11.5. The largest absolute Gasteiger partial charge is 0.496 e. The maximum Gasteiger partial charge on any atom is 0.122 e. The zero-order valence-electron chi connectivity index (χ0n) is 10.8. The highest BCUT2D eigenvalue weighted by Gasteiger charge is 2.21. The lowest BCUT2D eigenvalue weighted by Gasteiger charge is -2.26. The van der Waals surface area contributed by atoms with Gasteiger partial charge in [0, 0.05) is 5.56 Å². The minimum atomic E-state index is 0.618. The van der Waals surface area contributed by atoms with E-state index in [1.54, 1.807) is 7.11 Å². The number of fused-ring (bicyclic) bond motifs is 1. The van der Waals surface area contributed by atoms with Gasteiger partial charge in [0.05, 0.1) is 7.11 Å². The summed E-state index contributed by atoms with van der Waals surface area (Å²) in [6.45, 7) is 2.22. The molecule has 0 spiro atoms. The number of ether oxygens (including phenoxy) is 1. The number of hydrogen-bond acceptors (Lipinski definition) is 2. The molecular formula is C16H19NO. The van der Waals surface area contributed by atoms with E-state index < -0.39 is 0 Å². The van der Waals surface area contributed by atoms with Crippen LogP contribution in [0.15, 0.2) is 36.4 Å². The Kier molecular flexibility index (Phi) is 3.20. The van der Waals surface area contributed by atoms with Gasteiger partial charge in [0.25, 0.3) is 0 Å². The zero-order valence-corrected chi connectivity index (χ0v) is 10.8. The first-order chi connectivity index (χ1) is 8.90. The fourth-order valence-electron chi connectivity index (χ4n) is 2.99. The smallest absolute Gasteiger partial charge is 0.122 e. The van der Waals surface area contributed by atoms with Crippen molar-refractivity contribution < 1.29 is 4.74 Å². The quantitative estimate of drug-likeness (QED) is 0.871. The molecule has 3 rings (SSSR count). The number of benzene rings is 2. The van der Waals surface area contributed by atoms with Gasteiger partial charge in [0.2, 0.25) is 0 Å². The van der Waals surface area contributed by atoms with Gasteiger partial charge in [-0.25, -0.2) is 0 Å². The van der Waals surface area contributed by atoms with Crippen molar-refractivity contribution in [2.75, 3.05) is 20.2 Å². The predicted molar refractivity (Wildman–Crippen MR) is 75.3 cm³/mol. The van der Waals surface area contributed by atoms with Crippen LogP contribution in [0.1, 0.15) is 24.3 Å². The molecule has 0 bridgehead atoms. The van der Waals surface area contributed by atoms with Crippen molar-refractivity contribution in [1.29, 1.82) is 0 Å². The second kappa shape index (κ2) is 4.99. The lowest BCUT2D eigenvalue weighted by molar-refractivity contribution is 0.393. The summed E-state index contributed by atoms with van der Waals surface area (Å²) >= 11 is 0.